The summed E-state index contributed by atoms with van der Waals surface area (Å²) in [6, 6.07) is 6.63. The number of likely N-dealkylation sites (N-methyl/N-ethyl adjacent to an activating group) is 1. The maximum absolute atomic E-state index is 9.12. The molecule has 21 heavy (non-hydrogen) atoms. The van der Waals surface area contributed by atoms with E-state index in [1.165, 1.54) is 0 Å². The molecule has 0 aromatic heterocycles. The zero-order valence-corrected chi connectivity index (χ0v) is 13.7. The van der Waals surface area contributed by atoms with Gasteiger partial charge in [-0.2, -0.15) is 0 Å². The van der Waals surface area contributed by atoms with Crippen LogP contribution in [0.1, 0.15) is 19.4 Å². The number of thioether (sulfide) groups is 1. The van der Waals surface area contributed by atoms with Crippen LogP contribution in [0.15, 0.2) is 28.3 Å². The van der Waals surface area contributed by atoms with Crippen LogP contribution in [0.3, 0.4) is 0 Å². The molecule has 1 unspecified atom stereocenters. The first kappa shape index (κ1) is 16.0. The summed E-state index contributed by atoms with van der Waals surface area (Å²) in [5.74, 6) is 1.14. The Labute approximate surface area is 130 Å². The summed E-state index contributed by atoms with van der Waals surface area (Å²) < 4.78 is 0. The molecule has 1 aromatic carbocycles. The van der Waals surface area contributed by atoms with Gasteiger partial charge in [-0.3, -0.25) is 0 Å². The fraction of sp³-hybridized carbons (Fsp3) is 0.533. The summed E-state index contributed by atoms with van der Waals surface area (Å²) in [7, 11) is 2.15. The van der Waals surface area contributed by atoms with Crippen LogP contribution in [0, 0.1) is 0 Å². The van der Waals surface area contributed by atoms with E-state index in [0.717, 1.165) is 41.5 Å². The number of benzene rings is 1. The van der Waals surface area contributed by atoms with Gasteiger partial charge in [-0.1, -0.05) is 18.1 Å². The zero-order valence-electron chi connectivity index (χ0n) is 12.9. The number of piperazine rings is 1. The second-order valence-electron chi connectivity index (χ2n) is 5.34. The predicted octanol–water partition coefficient (Wildman–Crippen LogP) is 2.03. The molecule has 6 heteroatoms. The largest absolute Gasteiger partial charge is 0.409 e. The maximum atomic E-state index is 9.12. The van der Waals surface area contributed by atoms with Crippen molar-refractivity contribution >= 4 is 23.3 Å². The van der Waals surface area contributed by atoms with Gasteiger partial charge in [0.1, 0.15) is 0 Å². The lowest BCUT2D eigenvalue weighted by molar-refractivity contribution is 0.234. The van der Waals surface area contributed by atoms with Crippen LogP contribution in [0.25, 0.3) is 0 Å². The van der Waals surface area contributed by atoms with E-state index in [9.17, 15) is 0 Å². The van der Waals surface area contributed by atoms with Crippen LogP contribution in [-0.2, 0) is 0 Å². The third-order valence-electron chi connectivity index (χ3n) is 3.97. The topological polar surface area (TPSA) is 65.1 Å². The highest BCUT2D eigenvalue weighted by Crippen LogP contribution is 2.31. The molecule has 1 heterocycles. The first-order valence-corrected chi connectivity index (χ1v) is 8.26. The lowest BCUT2D eigenvalue weighted by atomic mass is 10.1. The molecule has 2 rings (SSSR count). The van der Waals surface area contributed by atoms with Gasteiger partial charge < -0.3 is 20.7 Å². The van der Waals surface area contributed by atoms with Crippen molar-refractivity contribution in [2.24, 2.45) is 10.9 Å². The highest BCUT2D eigenvalue weighted by molar-refractivity contribution is 7.99. The van der Waals surface area contributed by atoms with E-state index < -0.39 is 0 Å². The van der Waals surface area contributed by atoms with Crippen molar-refractivity contribution in [3.8, 4) is 0 Å². The van der Waals surface area contributed by atoms with Gasteiger partial charge in [0.25, 0.3) is 0 Å². The fourth-order valence-electron chi connectivity index (χ4n) is 2.63. The summed E-state index contributed by atoms with van der Waals surface area (Å²) in [5, 5.41) is 12.4. The molecule has 0 spiro atoms. The molecule has 1 fully saturated rings. The molecule has 0 bridgehead atoms. The van der Waals surface area contributed by atoms with Gasteiger partial charge in [-0.15, -0.1) is 11.8 Å². The number of hydrogen-bond acceptors (Lipinski definition) is 5. The average Bonchev–Trinajstić information content (AvgIpc) is 2.49. The summed E-state index contributed by atoms with van der Waals surface area (Å²) in [4.78, 5) is 5.75. The summed E-state index contributed by atoms with van der Waals surface area (Å²) in [5.41, 5.74) is 7.85. The Kier molecular flexibility index (Phi) is 5.36. The number of anilines is 1. The predicted molar refractivity (Wildman–Crippen MR) is 89.7 cm³/mol. The highest BCUT2D eigenvalue weighted by Gasteiger charge is 2.24. The SMILES string of the molecule is CCSc1cccc(N2CCN(C)C(C)C2)c1/C(N)=N/O. The third-order valence-corrected chi connectivity index (χ3v) is 4.91. The molecule has 0 radical (unpaired) electrons. The second kappa shape index (κ2) is 7.04. The molecule has 1 aliphatic rings. The van der Waals surface area contributed by atoms with Crippen molar-refractivity contribution < 1.29 is 5.21 Å². The Morgan fingerprint density at radius 2 is 2.24 bits per heavy atom. The molecule has 5 nitrogen and oxygen atoms in total. The van der Waals surface area contributed by atoms with Crippen molar-refractivity contribution in [1.29, 1.82) is 0 Å². The maximum Gasteiger partial charge on any atom is 0.173 e. The van der Waals surface area contributed by atoms with Crippen molar-refractivity contribution in [1.82, 2.24) is 4.90 Å². The highest BCUT2D eigenvalue weighted by atomic mass is 32.2. The average molecular weight is 308 g/mol. The van der Waals surface area contributed by atoms with Crippen molar-refractivity contribution in [2.75, 3.05) is 37.3 Å². The number of hydrogen-bond donors (Lipinski definition) is 2. The normalized spacial score (nSPS) is 20.8. The molecule has 3 N–H and O–H groups in total. The Balaban J connectivity index is 2.40. The van der Waals surface area contributed by atoms with E-state index >= 15 is 0 Å². The van der Waals surface area contributed by atoms with E-state index in [2.05, 4.69) is 41.9 Å². The molecule has 1 aromatic rings. The van der Waals surface area contributed by atoms with Crippen LogP contribution in [0.2, 0.25) is 0 Å². The number of oxime groups is 1. The number of rotatable bonds is 4. The number of nitrogens with zero attached hydrogens (tertiary/aromatic N) is 3. The van der Waals surface area contributed by atoms with Crippen molar-refractivity contribution in [2.45, 2.75) is 24.8 Å². The zero-order chi connectivity index (χ0) is 15.4. The lowest BCUT2D eigenvalue weighted by Crippen LogP contribution is -2.50. The first-order valence-electron chi connectivity index (χ1n) is 7.27. The first-order chi connectivity index (χ1) is 10.1. The van der Waals surface area contributed by atoms with Crippen molar-refractivity contribution in [3.05, 3.63) is 23.8 Å². The molecule has 1 atom stereocenters. The van der Waals surface area contributed by atoms with Gasteiger partial charge in [0.05, 0.1) is 5.56 Å². The third kappa shape index (κ3) is 3.44. The molecule has 0 amide bonds. The van der Waals surface area contributed by atoms with Gasteiger partial charge >= 0.3 is 0 Å². The van der Waals surface area contributed by atoms with E-state index in [1.54, 1.807) is 11.8 Å². The van der Waals surface area contributed by atoms with Gasteiger partial charge in [0.15, 0.2) is 5.84 Å². The summed E-state index contributed by atoms with van der Waals surface area (Å²) in [6.07, 6.45) is 0. The minimum Gasteiger partial charge on any atom is -0.409 e. The Bertz CT molecular complexity index is 520. The van der Waals surface area contributed by atoms with Crippen LogP contribution >= 0.6 is 11.8 Å². The lowest BCUT2D eigenvalue weighted by Gasteiger charge is -2.39. The second-order valence-corrected chi connectivity index (χ2v) is 6.65. The quantitative estimate of drug-likeness (QED) is 0.293. The standard InChI is InChI=1S/C15H24N4OS/c1-4-21-13-7-5-6-12(14(13)15(16)17-20)19-9-8-18(3)11(2)10-19/h5-7,11,20H,4,8-10H2,1-3H3,(H2,16,17). The fourth-order valence-corrected chi connectivity index (χ4v) is 3.47. The van der Waals surface area contributed by atoms with E-state index in [0.29, 0.717) is 6.04 Å². The van der Waals surface area contributed by atoms with Crippen molar-refractivity contribution in [3.63, 3.8) is 0 Å². The van der Waals surface area contributed by atoms with Gasteiger partial charge in [-0.05, 0) is 31.9 Å². The van der Waals surface area contributed by atoms with Crippen LogP contribution in [0.5, 0.6) is 0 Å². The summed E-state index contributed by atoms with van der Waals surface area (Å²) in [6.45, 7) is 7.24. The monoisotopic (exact) mass is 308 g/mol. The molecule has 0 aliphatic carbocycles. The minimum absolute atomic E-state index is 0.188. The van der Waals surface area contributed by atoms with Crippen LogP contribution < -0.4 is 10.6 Å². The van der Waals surface area contributed by atoms with E-state index in [4.69, 9.17) is 10.9 Å². The molecular weight excluding hydrogens is 284 g/mol. The molecule has 1 saturated heterocycles. The Morgan fingerprint density at radius 1 is 1.48 bits per heavy atom. The van der Waals surface area contributed by atoms with E-state index in [-0.39, 0.29) is 5.84 Å². The Morgan fingerprint density at radius 3 is 2.86 bits per heavy atom. The molecule has 1 aliphatic heterocycles. The minimum atomic E-state index is 0.188. The van der Waals surface area contributed by atoms with Gasteiger partial charge in [0, 0.05) is 36.3 Å². The number of amidine groups is 1. The van der Waals surface area contributed by atoms with Crippen LogP contribution in [-0.4, -0.2) is 54.4 Å². The van der Waals surface area contributed by atoms with E-state index in [1.807, 2.05) is 12.1 Å². The smallest absolute Gasteiger partial charge is 0.173 e. The Hall–Kier alpha value is -1.40. The van der Waals surface area contributed by atoms with Gasteiger partial charge in [0.2, 0.25) is 0 Å². The van der Waals surface area contributed by atoms with Crippen LogP contribution in [0.4, 0.5) is 5.69 Å². The summed E-state index contributed by atoms with van der Waals surface area (Å²) >= 11 is 1.72. The number of nitrogens with two attached hydrogens (primary N) is 1. The van der Waals surface area contributed by atoms with Gasteiger partial charge in [-0.25, -0.2) is 0 Å². The molecule has 0 saturated carbocycles. The molecule has 116 valence electrons. The molecular formula is C15H24N4OS.